The molecule has 0 N–H and O–H groups in total. The van der Waals surface area contributed by atoms with Crippen molar-refractivity contribution in [3.63, 3.8) is 0 Å². The van der Waals surface area contributed by atoms with Crippen molar-refractivity contribution < 1.29 is 4.42 Å². The summed E-state index contributed by atoms with van der Waals surface area (Å²) in [5, 5.41) is 2.87. The lowest BCUT2D eigenvalue weighted by molar-refractivity contribution is 0.587. The lowest BCUT2D eigenvalue weighted by Gasteiger charge is -2.00. The molecule has 0 saturated carbocycles. The Morgan fingerprint density at radius 1 is 1.18 bits per heavy atom. The molecule has 17 heavy (non-hydrogen) atoms. The Balaban J connectivity index is 2.29. The molecule has 0 bridgehead atoms. The van der Waals surface area contributed by atoms with Gasteiger partial charge in [-0.15, -0.1) is 0 Å². The Morgan fingerprint density at radius 2 is 1.94 bits per heavy atom. The lowest BCUT2D eigenvalue weighted by Crippen LogP contribution is -1.78. The Morgan fingerprint density at radius 3 is 2.71 bits per heavy atom. The van der Waals surface area contributed by atoms with E-state index in [9.17, 15) is 0 Å². The number of rotatable bonds is 1. The Kier molecular flexibility index (Phi) is 2.37. The number of aryl methyl sites for hydroxylation is 1. The van der Waals surface area contributed by atoms with Crippen LogP contribution in [0.1, 0.15) is 5.56 Å². The van der Waals surface area contributed by atoms with E-state index >= 15 is 0 Å². The summed E-state index contributed by atoms with van der Waals surface area (Å²) in [6.45, 7) is 1.99. The van der Waals surface area contributed by atoms with Crippen LogP contribution in [0.5, 0.6) is 0 Å². The molecule has 0 radical (unpaired) electrons. The minimum atomic E-state index is 0.763. The molecule has 3 rings (SSSR count). The van der Waals surface area contributed by atoms with Gasteiger partial charge in [0.15, 0.2) is 0 Å². The fourth-order valence-electron chi connectivity index (χ4n) is 1.90. The van der Waals surface area contributed by atoms with Crippen LogP contribution in [0.3, 0.4) is 0 Å². The second-order valence-electron chi connectivity index (χ2n) is 3.99. The second kappa shape index (κ2) is 3.90. The number of hydrogen-bond donors (Lipinski definition) is 0. The minimum Gasteiger partial charge on any atom is -0.463 e. The van der Waals surface area contributed by atoms with Gasteiger partial charge >= 0.3 is 0 Å². The van der Waals surface area contributed by atoms with Crippen LogP contribution in [0, 0.1) is 6.92 Å². The molecule has 0 unspecified atom stereocenters. The predicted molar refractivity (Wildman–Crippen MR) is 69.2 cm³/mol. The summed E-state index contributed by atoms with van der Waals surface area (Å²) in [4.78, 5) is 4.00. The van der Waals surface area contributed by atoms with Gasteiger partial charge in [0.25, 0.3) is 0 Å². The first-order chi connectivity index (χ1) is 8.25. The van der Waals surface area contributed by atoms with Crippen LogP contribution < -0.4 is 0 Å². The first-order valence-electron chi connectivity index (χ1n) is 5.33. The number of halogens is 1. The molecule has 0 amide bonds. The van der Waals surface area contributed by atoms with Gasteiger partial charge in [0.1, 0.15) is 5.76 Å². The molecule has 0 aliphatic rings. The third kappa shape index (κ3) is 1.71. The molecule has 3 heteroatoms. The zero-order chi connectivity index (χ0) is 11.8. The molecular formula is C14H10ClNO. The third-order valence-corrected chi connectivity index (χ3v) is 3.23. The summed E-state index contributed by atoms with van der Waals surface area (Å²) in [5.41, 5.74) is 2.08. The summed E-state index contributed by atoms with van der Waals surface area (Å²) in [7, 11) is 0. The monoisotopic (exact) mass is 243 g/mol. The summed E-state index contributed by atoms with van der Waals surface area (Å²) in [6, 6.07) is 7.85. The second-order valence-corrected chi connectivity index (χ2v) is 4.40. The molecule has 2 aromatic heterocycles. The average molecular weight is 244 g/mol. The highest BCUT2D eigenvalue weighted by Gasteiger charge is 2.10. The zero-order valence-electron chi connectivity index (χ0n) is 9.27. The standard InChI is InChI=1S/C14H10ClNO/c1-9-6-12-11(7-13(9)15)8-17-14(12)10-2-4-16-5-3-10/h2-8H,1H3. The number of furan rings is 1. The van der Waals surface area contributed by atoms with E-state index < -0.39 is 0 Å². The van der Waals surface area contributed by atoms with Crippen molar-refractivity contribution in [2.24, 2.45) is 0 Å². The first-order valence-corrected chi connectivity index (χ1v) is 5.71. The zero-order valence-corrected chi connectivity index (χ0v) is 10.0. The number of nitrogens with zero attached hydrogens (tertiary/aromatic N) is 1. The predicted octanol–water partition coefficient (Wildman–Crippen LogP) is 4.46. The molecule has 0 aliphatic carbocycles. The molecule has 2 heterocycles. The van der Waals surface area contributed by atoms with Gasteiger partial charge in [-0.1, -0.05) is 11.6 Å². The molecule has 84 valence electrons. The van der Waals surface area contributed by atoms with Crippen molar-refractivity contribution in [2.75, 3.05) is 0 Å². The van der Waals surface area contributed by atoms with Gasteiger partial charge in [-0.2, -0.15) is 0 Å². The molecule has 1 aromatic carbocycles. The summed E-state index contributed by atoms with van der Waals surface area (Å²) >= 11 is 6.09. The maximum absolute atomic E-state index is 6.09. The molecule has 0 saturated heterocycles. The number of aromatic nitrogens is 1. The first kappa shape index (κ1) is 10.4. The van der Waals surface area contributed by atoms with E-state index in [-0.39, 0.29) is 0 Å². The van der Waals surface area contributed by atoms with Crippen molar-refractivity contribution in [1.82, 2.24) is 4.98 Å². The largest absolute Gasteiger partial charge is 0.463 e. The van der Waals surface area contributed by atoms with E-state index in [1.54, 1.807) is 18.7 Å². The molecule has 0 atom stereocenters. The van der Waals surface area contributed by atoms with Crippen LogP contribution in [-0.2, 0) is 0 Å². The smallest absolute Gasteiger partial charge is 0.141 e. The van der Waals surface area contributed by atoms with Gasteiger partial charge in [-0.25, -0.2) is 0 Å². The van der Waals surface area contributed by atoms with Gasteiger partial charge in [0.2, 0.25) is 0 Å². The van der Waals surface area contributed by atoms with E-state index in [2.05, 4.69) is 11.1 Å². The van der Waals surface area contributed by atoms with Gasteiger partial charge in [0, 0.05) is 33.8 Å². The van der Waals surface area contributed by atoms with E-state index in [4.69, 9.17) is 16.0 Å². The molecule has 3 aromatic rings. The summed E-state index contributed by atoms with van der Waals surface area (Å²) < 4.78 is 5.62. The molecule has 0 aliphatic heterocycles. The van der Waals surface area contributed by atoms with Crippen LogP contribution in [0.25, 0.3) is 22.1 Å². The van der Waals surface area contributed by atoms with Crippen LogP contribution in [0.4, 0.5) is 0 Å². The Hall–Kier alpha value is -1.80. The lowest BCUT2D eigenvalue weighted by atomic mass is 10.1. The highest BCUT2D eigenvalue weighted by Crippen LogP contribution is 2.33. The molecule has 0 spiro atoms. The summed E-state index contributed by atoms with van der Waals surface area (Å²) in [6.07, 6.45) is 5.25. The maximum Gasteiger partial charge on any atom is 0.141 e. The van der Waals surface area contributed by atoms with Crippen molar-refractivity contribution in [3.05, 3.63) is 53.5 Å². The van der Waals surface area contributed by atoms with Crippen molar-refractivity contribution in [2.45, 2.75) is 6.92 Å². The summed E-state index contributed by atoms with van der Waals surface area (Å²) in [5.74, 6) is 0.863. The van der Waals surface area contributed by atoms with Crippen molar-refractivity contribution in [1.29, 1.82) is 0 Å². The highest BCUT2D eigenvalue weighted by atomic mass is 35.5. The third-order valence-electron chi connectivity index (χ3n) is 2.82. The van der Waals surface area contributed by atoms with E-state index in [1.165, 1.54) is 0 Å². The number of benzene rings is 1. The Labute approximate surface area is 104 Å². The fourth-order valence-corrected chi connectivity index (χ4v) is 2.08. The average Bonchev–Trinajstić information content (AvgIpc) is 2.74. The van der Waals surface area contributed by atoms with Crippen LogP contribution >= 0.6 is 11.6 Å². The Bertz CT molecular complexity index is 673. The van der Waals surface area contributed by atoms with Crippen molar-refractivity contribution >= 4 is 22.4 Å². The van der Waals surface area contributed by atoms with Crippen LogP contribution in [0.15, 0.2) is 47.3 Å². The fraction of sp³-hybridized carbons (Fsp3) is 0.0714. The van der Waals surface area contributed by atoms with E-state index in [0.29, 0.717) is 0 Å². The SMILES string of the molecule is Cc1cc2c(-c3ccncc3)occ2cc1Cl. The number of pyridine rings is 1. The van der Waals surface area contributed by atoms with Crippen molar-refractivity contribution in [3.8, 4) is 11.3 Å². The van der Waals surface area contributed by atoms with Gasteiger partial charge in [0.05, 0.1) is 6.26 Å². The molecule has 0 fully saturated rings. The van der Waals surface area contributed by atoms with Gasteiger partial charge in [-0.05, 0) is 36.8 Å². The maximum atomic E-state index is 6.09. The van der Waals surface area contributed by atoms with Gasteiger partial charge < -0.3 is 4.42 Å². The topological polar surface area (TPSA) is 26.0 Å². The normalized spacial score (nSPS) is 10.9. The number of fused-ring (bicyclic) bond motifs is 1. The van der Waals surface area contributed by atoms with Gasteiger partial charge in [-0.3, -0.25) is 4.98 Å². The van der Waals surface area contributed by atoms with E-state index in [1.807, 2.05) is 25.1 Å². The van der Waals surface area contributed by atoms with Crippen LogP contribution in [-0.4, -0.2) is 4.98 Å². The minimum absolute atomic E-state index is 0.763. The number of hydrogen-bond acceptors (Lipinski definition) is 2. The molecular weight excluding hydrogens is 234 g/mol. The quantitative estimate of drug-likeness (QED) is 0.631. The van der Waals surface area contributed by atoms with Crippen LogP contribution in [0.2, 0.25) is 5.02 Å². The molecule has 2 nitrogen and oxygen atoms in total. The highest BCUT2D eigenvalue weighted by molar-refractivity contribution is 6.32. The van der Waals surface area contributed by atoms with E-state index in [0.717, 1.165) is 32.7 Å².